The molecule has 0 aliphatic carbocycles. The zero-order valence-corrected chi connectivity index (χ0v) is 49.7. The van der Waals surface area contributed by atoms with E-state index < -0.39 is 103 Å². The van der Waals surface area contributed by atoms with Gasteiger partial charge in [-0.2, -0.15) is 20.3 Å². The molecule has 0 aromatic carbocycles. The molecule has 0 radical (unpaired) electrons. The number of nitrogens with zero attached hydrogens (tertiary/aromatic N) is 4. The fourth-order valence-electron chi connectivity index (χ4n) is 13.9. The molecule has 0 atom stereocenters. The lowest BCUT2D eigenvalue weighted by Gasteiger charge is -2.51. The Labute approximate surface area is 447 Å². The van der Waals surface area contributed by atoms with Crippen LogP contribution in [0.15, 0.2) is 0 Å². The van der Waals surface area contributed by atoms with Gasteiger partial charge in [0.15, 0.2) is 10.8 Å². The van der Waals surface area contributed by atoms with Gasteiger partial charge >= 0.3 is 23.9 Å². The summed E-state index contributed by atoms with van der Waals surface area (Å²) in [7, 11) is 0. The zero-order chi connectivity index (χ0) is 56.3. The monoisotopic (exact) mass is 1050 g/mol. The summed E-state index contributed by atoms with van der Waals surface area (Å²) in [6.45, 7) is 34.7. The van der Waals surface area contributed by atoms with Gasteiger partial charge in [-0.1, -0.05) is 78.1 Å². The number of hydrogen-bond donors (Lipinski definition) is 4. The highest BCUT2D eigenvalue weighted by Gasteiger charge is 2.56. The first-order valence-electron chi connectivity index (χ1n) is 28.6. The Morgan fingerprint density at radius 3 is 0.676 bits per heavy atom. The molecule has 0 aromatic heterocycles. The van der Waals surface area contributed by atoms with Crippen molar-refractivity contribution in [1.29, 1.82) is 0 Å². The van der Waals surface area contributed by atoms with Crippen LogP contribution in [0.5, 0.6) is 0 Å². The summed E-state index contributed by atoms with van der Waals surface area (Å²) < 4.78 is 25.6. The molecule has 16 nitrogen and oxygen atoms in total. The minimum Gasteiger partial charge on any atom is -0.461 e. The van der Waals surface area contributed by atoms with Crippen molar-refractivity contribution in [3.63, 3.8) is 0 Å². The molecule has 4 aliphatic rings. The Morgan fingerprint density at radius 1 is 0.338 bits per heavy atom. The maximum Gasteiger partial charge on any atom is 0.323 e. The Morgan fingerprint density at radius 2 is 0.500 bits per heavy atom. The van der Waals surface area contributed by atoms with Crippen LogP contribution in [0.3, 0.4) is 0 Å². The molecule has 0 spiro atoms. The van der Waals surface area contributed by atoms with E-state index >= 15 is 0 Å². The summed E-state index contributed by atoms with van der Waals surface area (Å²) >= 11 is 0. The molecule has 74 heavy (non-hydrogen) atoms. The van der Waals surface area contributed by atoms with Crippen LogP contribution in [0.25, 0.3) is 0 Å². The third kappa shape index (κ3) is 14.8. The van der Waals surface area contributed by atoms with Crippen LogP contribution in [-0.4, -0.2) is 134 Å². The number of esters is 4. The van der Waals surface area contributed by atoms with Crippen molar-refractivity contribution in [3.8, 4) is 0 Å². The van der Waals surface area contributed by atoms with Gasteiger partial charge in [-0.15, -0.1) is 0 Å². The minimum absolute atomic E-state index is 0.241. The molecule has 0 aromatic rings. The first kappa shape index (κ1) is 64.1. The summed E-state index contributed by atoms with van der Waals surface area (Å²) in [6.07, 6.45) is 8.90. The molecule has 4 fully saturated rings. The normalized spacial score (nSPS) is 24.8. The van der Waals surface area contributed by atoms with Gasteiger partial charge in [0.25, 0.3) is 0 Å². The van der Waals surface area contributed by atoms with Crippen molar-refractivity contribution in [1.82, 2.24) is 20.3 Å². The molecule has 0 bridgehead atoms. The predicted molar refractivity (Wildman–Crippen MR) is 284 cm³/mol. The van der Waals surface area contributed by atoms with E-state index in [0.717, 1.165) is 38.5 Å². The number of carbonyl (C=O) groups is 4. The van der Waals surface area contributed by atoms with Gasteiger partial charge in [-0.25, -0.2) is 0 Å². The minimum atomic E-state index is -1.55. The van der Waals surface area contributed by atoms with Crippen molar-refractivity contribution < 1.29 is 59.0 Å². The van der Waals surface area contributed by atoms with E-state index in [-0.39, 0.29) is 25.7 Å². The van der Waals surface area contributed by atoms with Crippen LogP contribution in [-0.2, 0) is 38.1 Å². The number of piperidine rings is 4. The van der Waals surface area contributed by atoms with Gasteiger partial charge in [0.2, 0.25) is 0 Å². The Bertz CT molecular complexity index is 1590. The van der Waals surface area contributed by atoms with Gasteiger partial charge in [0.1, 0.15) is 24.4 Å². The summed E-state index contributed by atoms with van der Waals surface area (Å²) in [4.78, 5) is 59.5. The predicted octanol–water partition coefficient (Wildman–Crippen LogP) is 12.3. The topological polar surface area (TPSA) is 199 Å². The van der Waals surface area contributed by atoms with E-state index in [4.69, 9.17) is 18.9 Å². The molecule has 4 N–H and O–H groups in total. The van der Waals surface area contributed by atoms with Crippen LogP contribution in [0.4, 0.5) is 0 Å². The molecule has 16 heteroatoms. The van der Waals surface area contributed by atoms with Crippen molar-refractivity contribution in [2.45, 2.75) is 335 Å². The van der Waals surface area contributed by atoms with Crippen LogP contribution < -0.4 is 0 Å². The number of unbranched alkanes of at least 4 members (excludes halogenated alkanes) is 7. The molecule has 0 saturated carbocycles. The Balaban J connectivity index is 1.55. The lowest BCUT2D eigenvalue weighted by atomic mass is 9.76. The van der Waals surface area contributed by atoms with Gasteiger partial charge < -0.3 is 39.8 Å². The zero-order valence-electron chi connectivity index (χ0n) is 49.7. The number of hydrogen-bond acceptors (Lipinski definition) is 16. The van der Waals surface area contributed by atoms with E-state index in [1.807, 2.05) is 125 Å². The fraction of sp³-hybridized carbons (Fsp3) is 0.931. The SMILES string of the molecule is CCCCC(CCCCCCCCC(CCCC)(C(=O)OC1CC(C)(C)N(O)C(C)(C)C1)C(=O)OC1CC(C)(C)N(O)C(C)(C)C1)(C(=O)OC1CC(C)(C)N(O)C(C)(C)C1)C(=O)OC1CC(C)(C)N(O)C(C)(C)C1. The van der Waals surface area contributed by atoms with Crippen molar-refractivity contribution in [2.24, 2.45) is 10.8 Å². The van der Waals surface area contributed by atoms with E-state index in [1.54, 1.807) is 0 Å². The standard InChI is InChI=1S/C58H106N4O12/c1-19-21-29-57(45(63)71-41-33-49(3,4)59(67)50(5,6)34-41,46(64)72-42-35-51(7,8)60(68)52(9,10)36-42)31-27-25-23-24-26-28-32-58(30-22-20-2,47(65)73-43-37-53(11,12)61(69)54(13,14)38-43)48(66)74-44-39-55(15,16)62(70)56(17,18)40-44/h41-44,67-70H,19-40H2,1-18H3. The van der Waals surface area contributed by atoms with E-state index in [1.165, 1.54) is 20.3 Å². The van der Waals surface area contributed by atoms with Gasteiger partial charge in [0.05, 0.1) is 0 Å². The molecular formula is C58H106N4O12. The average Bonchev–Trinajstić information content (AvgIpc) is 3.25. The van der Waals surface area contributed by atoms with Crippen molar-refractivity contribution in [3.05, 3.63) is 0 Å². The lowest BCUT2D eigenvalue weighted by Crippen LogP contribution is -2.61. The smallest absolute Gasteiger partial charge is 0.323 e. The van der Waals surface area contributed by atoms with Crippen LogP contribution in [0.2, 0.25) is 0 Å². The van der Waals surface area contributed by atoms with E-state index in [9.17, 15) is 40.0 Å². The second-order valence-electron chi connectivity index (χ2n) is 28.5. The highest BCUT2D eigenvalue weighted by molar-refractivity contribution is 6.01. The molecular weight excluding hydrogens is 945 g/mol. The molecule has 0 unspecified atom stereocenters. The number of carbonyl (C=O) groups excluding carboxylic acids is 4. The highest BCUT2D eigenvalue weighted by atomic mass is 16.6. The fourth-order valence-corrected chi connectivity index (χ4v) is 13.9. The lowest BCUT2D eigenvalue weighted by molar-refractivity contribution is -0.263. The first-order valence-corrected chi connectivity index (χ1v) is 28.6. The van der Waals surface area contributed by atoms with Gasteiger partial charge in [-0.05, 0) is 136 Å². The van der Waals surface area contributed by atoms with Gasteiger partial charge in [0, 0.05) is 95.7 Å². The molecule has 0 amide bonds. The van der Waals surface area contributed by atoms with Crippen molar-refractivity contribution in [2.75, 3.05) is 0 Å². The first-order chi connectivity index (χ1) is 33.8. The Kier molecular flexibility index (Phi) is 20.7. The van der Waals surface area contributed by atoms with Gasteiger partial charge in [-0.3, -0.25) is 19.2 Å². The second-order valence-corrected chi connectivity index (χ2v) is 28.5. The molecule has 4 heterocycles. The maximum atomic E-state index is 14.9. The third-order valence-corrected chi connectivity index (χ3v) is 17.4. The molecule has 4 rings (SSSR count). The molecule has 4 saturated heterocycles. The number of ether oxygens (including phenoxy) is 4. The van der Waals surface area contributed by atoms with E-state index in [2.05, 4.69) is 0 Å². The highest BCUT2D eigenvalue weighted by Crippen LogP contribution is 2.46. The summed E-state index contributed by atoms with van der Waals surface area (Å²) in [5.74, 6) is -2.32. The quantitative estimate of drug-likeness (QED) is 0.0326. The third-order valence-electron chi connectivity index (χ3n) is 17.4. The number of rotatable bonds is 23. The van der Waals surface area contributed by atoms with E-state index in [0.29, 0.717) is 77.0 Å². The second kappa shape index (κ2) is 23.9. The van der Waals surface area contributed by atoms with Crippen LogP contribution in [0, 0.1) is 10.8 Å². The summed E-state index contributed by atoms with van der Waals surface area (Å²) in [5, 5.41) is 49.6. The maximum absolute atomic E-state index is 14.9. The average molecular weight is 1050 g/mol. The Hall–Kier alpha value is -2.44. The number of hydroxylamine groups is 8. The van der Waals surface area contributed by atoms with Crippen LogP contribution >= 0.6 is 0 Å². The van der Waals surface area contributed by atoms with Crippen LogP contribution in [0.1, 0.15) is 266 Å². The largest absolute Gasteiger partial charge is 0.461 e. The summed E-state index contributed by atoms with van der Waals surface area (Å²) in [6, 6.07) is 0. The molecule has 430 valence electrons. The van der Waals surface area contributed by atoms with Crippen molar-refractivity contribution >= 4 is 23.9 Å². The summed E-state index contributed by atoms with van der Waals surface area (Å²) in [5.41, 5.74) is -8.52. The molecule has 4 aliphatic heterocycles.